The van der Waals surface area contributed by atoms with E-state index in [9.17, 15) is 0 Å². The van der Waals surface area contributed by atoms with Gasteiger partial charge in [-0.05, 0) is 12.8 Å². The average Bonchev–Trinajstić information content (AvgIpc) is 3.08. The molecule has 0 bridgehead atoms. The van der Waals surface area contributed by atoms with Gasteiger partial charge in [-0.3, -0.25) is 0 Å². The van der Waals surface area contributed by atoms with Crippen molar-refractivity contribution in [3.8, 4) is 9.88 Å². The van der Waals surface area contributed by atoms with Crippen molar-refractivity contribution >= 4 is 32.9 Å². The van der Waals surface area contributed by atoms with Crippen LogP contribution in [0.3, 0.4) is 0 Å². The summed E-state index contributed by atoms with van der Waals surface area (Å²) in [7, 11) is 1.67. The van der Waals surface area contributed by atoms with E-state index >= 15 is 0 Å². The number of ether oxygens (including phenoxy) is 1. The predicted octanol–water partition coefficient (Wildman–Crippen LogP) is 1.99. The van der Waals surface area contributed by atoms with Crippen molar-refractivity contribution in [1.82, 2.24) is 15.2 Å². The molecule has 3 rings (SSSR count). The minimum atomic E-state index is 0.481. The molecule has 0 aliphatic carbocycles. The smallest absolute Gasteiger partial charge is 0.203 e. The number of methoxy groups -OCH3 is 1. The van der Waals surface area contributed by atoms with Gasteiger partial charge in [0.15, 0.2) is 10.1 Å². The normalized spacial score (nSPS) is 15.3. The van der Waals surface area contributed by atoms with E-state index in [4.69, 9.17) is 10.5 Å². The number of rotatable bonds is 4. The van der Waals surface area contributed by atoms with Gasteiger partial charge < -0.3 is 15.4 Å². The molecule has 2 N–H and O–H groups in total. The lowest BCUT2D eigenvalue weighted by molar-refractivity contribution is 0.182. The van der Waals surface area contributed by atoms with E-state index in [-0.39, 0.29) is 0 Å². The van der Waals surface area contributed by atoms with Gasteiger partial charge in [-0.15, -0.1) is 10.2 Å². The van der Waals surface area contributed by atoms with Crippen LogP contribution in [0.15, 0.2) is 0 Å². The van der Waals surface area contributed by atoms with Crippen LogP contribution in [0.5, 0.6) is 0 Å². The van der Waals surface area contributed by atoms with Gasteiger partial charge in [0.2, 0.25) is 5.13 Å². The molecular weight excluding hydrogens is 282 g/mol. The number of nitrogen functional groups attached to an aromatic ring is 1. The van der Waals surface area contributed by atoms with Crippen LogP contribution >= 0.6 is 22.7 Å². The second-order valence-corrected chi connectivity index (χ2v) is 6.33. The van der Waals surface area contributed by atoms with E-state index in [2.05, 4.69) is 20.1 Å². The molecule has 2 aromatic rings. The molecule has 1 fully saturated rings. The standard InChI is InChI=1S/C11H15N5OS2/c1-17-6-7-8(9-14-15-10(12)19-9)18-11(13-7)16-4-2-3-5-16/h2-6H2,1H3,(H2,12,15). The van der Waals surface area contributed by atoms with Crippen LogP contribution in [-0.2, 0) is 11.3 Å². The lowest BCUT2D eigenvalue weighted by Gasteiger charge is -2.12. The van der Waals surface area contributed by atoms with Crippen LogP contribution in [0.25, 0.3) is 9.88 Å². The topological polar surface area (TPSA) is 77.2 Å². The highest BCUT2D eigenvalue weighted by atomic mass is 32.1. The van der Waals surface area contributed by atoms with Gasteiger partial charge in [0.1, 0.15) is 0 Å². The molecule has 0 saturated carbocycles. The van der Waals surface area contributed by atoms with E-state index in [1.54, 1.807) is 18.4 Å². The first kappa shape index (κ1) is 12.8. The molecule has 1 saturated heterocycles. The average molecular weight is 297 g/mol. The second kappa shape index (κ2) is 5.40. The summed E-state index contributed by atoms with van der Waals surface area (Å²) >= 11 is 3.04. The summed E-state index contributed by atoms with van der Waals surface area (Å²) in [6.07, 6.45) is 2.47. The molecule has 6 nitrogen and oxygen atoms in total. The molecule has 0 spiro atoms. The molecule has 1 aliphatic heterocycles. The Labute approximate surface area is 119 Å². The van der Waals surface area contributed by atoms with E-state index in [1.165, 1.54) is 24.2 Å². The van der Waals surface area contributed by atoms with Gasteiger partial charge in [-0.25, -0.2) is 4.98 Å². The molecule has 8 heteroatoms. The van der Waals surface area contributed by atoms with E-state index in [0.29, 0.717) is 11.7 Å². The number of anilines is 2. The predicted molar refractivity (Wildman–Crippen MR) is 77.6 cm³/mol. The van der Waals surface area contributed by atoms with Gasteiger partial charge >= 0.3 is 0 Å². The van der Waals surface area contributed by atoms with Crippen molar-refractivity contribution in [2.45, 2.75) is 19.4 Å². The summed E-state index contributed by atoms with van der Waals surface area (Å²) in [4.78, 5) is 8.03. The van der Waals surface area contributed by atoms with Crippen LogP contribution in [0, 0.1) is 0 Å². The van der Waals surface area contributed by atoms with Crippen LogP contribution in [-0.4, -0.2) is 35.4 Å². The lowest BCUT2D eigenvalue weighted by Crippen LogP contribution is -2.17. The third kappa shape index (κ3) is 2.56. The summed E-state index contributed by atoms with van der Waals surface area (Å²) in [5.41, 5.74) is 6.58. The fourth-order valence-corrected chi connectivity index (χ4v) is 3.93. The molecule has 2 aromatic heterocycles. The van der Waals surface area contributed by atoms with E-state index in [0.717, 1.165) is 33.8 Å². The minimum Gasteiger partial charge on any atom is -0.378 e. The Kier molecular flexibility index (Phi) is 3.63. The number of nitrogens with two attached hydrogens (primary N) is 1. The van der Waals surface area contributed by atoms with Gasteiger partial charge in [-0.2, -0.15) is 0 Å². The first-order valence-electron chi connectivity index (χ1n) is 6.11. The molecule has 102 valence electrons. The van der Waals surface area contributed by atoms with E-state index in [1.807, 2.05) is 0 Å². The van der Waals surface area contributed by atoms with Gasteiger partial charge in [-0.1, -0.05) is 22.7 Å². The van der Waals surface area contributed by atoms with Crippen LogP contribution < -0.4 is 10.6 Å². The van der Waals surface area contributed by atoms with Crippen molar-refractivity contribution in [2.24, 2.45) is 0 Å². The summed E-state index contributed by atoms with van der Waals surface area (Å²) < 4.78 is 5.22. The molecule has 3 heterocycles. The van der Waals surface area contributed by atoms with Crippen LogP contribution in [0.2, 0.25) is 0 Å². The summed E-state index contributed by atoms with van der Waals surface area (Å²) in [6, 6.07) is 0. The molecule has 0 radical (unpaired) electrons. The molecule has 0 aromatic carbocycles. The van der Waals surface area contributed by atoms with Crippen LogP contribution in [0.1, 0.15) is 18.5 Å². The van der Waals surface area contributed by atoms with E-state index < -0.39 is 0 Å². The van der Waals surface area contributed by atoms with Crippen molar-refractivity contribution in [1.29, 1.82) is 0 Å². The van der Waals surface area contributed by atoms with Gasteiger partial charge in [0.25, 0.3) is 0 Å². The fraction of sp³-hybridized carbons (Fsp3) is 0.545. The first-order valence-corrected chi connectivity index (χ1v) is 7.74. The molecular formula is C11H15N5OS2. The number of hydrogen-bond acceptors (Lipinski definition) is 8. The summed E-state index contributed by atoms with van der Waals surface area (Å²) in [5, 5.41) is 10.3. The molecule has 19 heavy (non-hydrogen) atoms. The number of thiazole rings is 1. The Morgan fingerprint density at radius 1 is 1.26 bits per heavy atom. The molecule has 0 atom stereocenters. The van der Waals surface area contributed by atoms with Crippen LogP contribution in [0.4, 0.5) is 10.3 Å². The van der Waals surface area contributed by atoms with Gasteiger partial charge in [0.05, 0.1) is 17.2 Å². The Morgan fingerprint density at radius 3 is 2.68 bits per heavy atom. The zero-order valence-corrected chi connectivity index (χ0v) is 12.3. The Bertz CT molecular complexity index is 561. The number of hydrogen-bond donors (Lipinski definition) is 1. The molecule has 1 aliphatic rings. The summed E-state index contributed by atoms with van der Waals surface area (Å²) in [5.74, 6) is 0. The Morgan fingerprint density at radius 2 is 2.05 bits per heavy atom. The number of aromatic nitrogens is 3. The van der Waals surface area contributed by atoms with Crippen molar-refractivity contribution in [2.75, 3.05) is 30.8 Å². The molecule has 0 amide bonds. The van der Waals surface area contributed by atoms with Crippen molar-refractivity contribution in [3.63, 3.8) is 0 Å². The highest BCUT2D eigenvalue weighted by Crippen LogP contribution is 2.38. The quantitative estimate of drug-likeness (QED) is 0.930. The fourth-order valence-electron chi connectivity index (χ4n) is 2.11. The van der Waals surface area contributed by atoms with Crippen molar-refractivity contribution in [3.05, 3.63) is 5.69 Å². The highest BCUT2D eigenvalue weighted by Gasteiger charge is 2.21. The maximum absolute atomic E-state index is 5.66. The Balaban J connectivity index is 1.96. The van der Waals surface area contributed by atoms with Gasteiger partial charge in [0, 0.05) is 20.2 Å². The monoisotopic (exact) mass is 297 g/mol. The second-order valence-electron chi connectivity index (χ2n) is 4.34. The molecule has 0 unspecified atom stereocenters. The summed E-state index contributed by atoms with van der Waals surface area (Å²) in [6.45, 7) is 2.65. The largest absolute Gasteiger partial charge is 0.378 e. The maximum Gasteiger partial charge on any atom is 0.203 e. The third-order valence-corrected chi connectivity index (χ3v) is 5.04. The van der Waals surface area contributed by atoms with Crippen molar-refractivity contribution < 1.29 is 4.74 Å². The number of nitrogens with zero attached hydrogens (tertiary/aromatic N) is 4. The SMILES string of the molecule is COCc1nc(N2CCCC2)sc1-c1nnc(N)s1. The zero-order valence-electron chi connectivity index (χ0n) is 10.6. The third-order valence-electron chi connectivity index (χ3n) is 2.98. The Hall–Kier alpha value is -1.25. The maximum atomic E-state index is 5.66. The zero-order chi connectivity index (χ0) is 13.2. The lowest BCUT2D eigenvalue weighted by atomic mass is 10.4. The first-order chi connectivity index (χ1) is 9.28. The minimum absolute atomic E-state index is 0.481. The highest BCUT2D eigenvalue weighted by molar-refractivity contribution is 7.25.